The molecule has 0 aliphatic carbocycles. The Morgan fingerprint density at radius 3 is 0.765 bits per heavy atom. The van der Waals surface area contributed by atoms with Gasteiger partial charge in [0.1, 0.15) is 0 Å². The molecule has 0 bridgehead atoms. The fourth-order valence-corrected chi connectivity index (χ4v) is 16.3. The third-order valence-corrected chi connectivity index (χ3v) is 13.9. The third kappa shape index (κ3) is 8.43. The van der Waals surface area contributed by atoms with Crippen LogP contribution in [0.15, 0.2) is 0 Å². The predicted octanol–water partition coefficient (Wildman–Crippen LogP) is 6.44. The van der Waals surface area contributed by atoms with Crippen molar-refractivity contribution in [3.05, 3.63) is 0 Å². The first-order valence-corrected chi connectivity index (χ1v) is 12.1. The molecule has 17 heavy (non-hydrogen) atoms. The van der Waals surface area contributed by atoms with Crippen LogP contribution in [0.25, 0.3) is 0 Å². The van der Waals surface area contributed by atoms with Crippen molar-refractivity contribution >= 4 is 0 Å². The minimum absolute atomic E-state index is 0.909. The van der Waals surface area contributed by atoms with Crippen LogP contribution in [0.3, 0.4) is 0 Å². The topological polar surface area (TPSA) is 0 Å². The van der Waals surface area contributed by atoms with E-state index in [0.29, 0.717) is 0 Å². The van der Waals surface area contributed by atoms with E-state index in [9.17, 15) is 0 Å². The second-order valence-electron chi connectivity index (χ2n) is 7.89. The zero-order chi connectivity index (χ0) is 13.6. The van der Waals surface area contributed by atoms with E-state index in [1.807, 2.05) is 0 Å². The normalized spacial score (nSPS) is 13.4. The first-order valence-electron chi connectivity index (χ1n) is 7.67. The summed E-state index contributed by atoms with van der Waals surface area (Å²) >= 11 is -1.62. The zero-order valence-electron chi connectivity index (χ0n) is 13.6. The first kappa shape index (κ1) is 17.7. The van der Waals surface area contributed by atoms with Gasteiger partial charge in [0.05, 0.1) is 0 Å². The van der Waals surface area contributed by atoms with Gasteiger partial charge in [-0.15, -0.1) is 0 Å². The molecule has 0 N–H and O–H groups in total. The molecule has 0 nitrogen and oxygen atoms in total. The van der Waals surface area contributed by atoms with Crippen LogP contribution in [-0.2, 0) is 16.6 Å². The van der Waals surface area contributed by atoms with Gasteiger partial charge in [0.2, 0.25) is 0 Å². The molecule has 0 unspecified atom stereocenters. The fraction of sp³-hybridized carbons (Fsp3) is 1.00. The van der Waals surface area contributed by atoms with Gasteiger partial charge in [-0.1, -0.05) is 0 Å². The Balaban J connectivity index is 4.89. The summed E-state index contributed by atoms with van der Waals surface area (Å²) in [6, 6.07) is 0. The third-order valence-electron chi connectivity index (χ3n) is 3.37. The van der Waals surface area contributed by atoms with Crippen LogP contribution in [-0.4, -0.2) is 0 Å². The molecule has 1 heteroatoms. The molecule has 0 aromatic heterocycles. The fourth-order valence-electron chi connectivity index (χ4n) is 3.96. The molecule has 0 saturated carbocycles. The van der Waals surface area contributed by atoms with Crippen LogP contribution >= 0.6 is 0 Å². The van der Waals surface area contributed by atoms with Gasteiger partial charge < -0.3 is 0 Å². The molecule has 0 aliphatic rings. The van der Waals surface area contributed by atoms with Crippen molar-refractivity contribution in [2.75, 3.05) is 0 Å². The van der Waals surface area contributed by atoms with Crippen molar-refractivity contribution < 1.29 is 16.6 Å². The van der Waals surface area contributed by atoms with E-state index in [1.165, 1.54) is 0 Å². The Labute approximate surface area is 114 Å². The average molecular weight is 276 g/mol. The van der Waals surface area contributed by atoms with Crippen LogP contribution in [0.5, 0.6) is 0 Å². The molecular weight excluding hydrogens is 240 g/mol. The van der Waals surface area contributed by atoms with E-state index < -0.39 is 16.6 Å². The predicted molar refractivity (Wildman–Crippen MR) is 78.6 cm³/mol. The van der Waals surface area contributed by atoms with E-state index in [1.54, 1.807) is 18.9 Å². The molecule has 0 heterocycles. The Bertz CT molecular complexity index is 146. The van der Waals surface area contributed by atoms with Crippen molar-refractivity contribution in [3.63, 3.8) is 0 Å². The summed E-state index contributed by atoms with van der Waals surface area (Å²) < 4.78 is 6.37. The van der Waals surface area contributed by atoms with Gasteiger partial charge >= 0.3 is 115 Å². The average Bonchev–Trinajstić information content (AvgIpc) is 1.95. The van der Waals surface area contributed by atoms with E-state index in [0.717, 1.165) is 23.7 Å². The minimum atomic E-state index is -1.62. The molecule has 0 aliphatic heterocycles. The zero-order valence-corrected chi connectivity index (χ0v) is 15.2. The van der Waals surface area contributed by atoms with Gasteiger partial charge in [-0.3, -0.25) is 0 Å². The Morgan fingerprint density at radius 2 is 0.647 bits per heavy atom. The Morgan fingerprint density at radius 1 is 0.471 bits per heavy atom. The molecule has 0 rings (SSSR count). The van der Waals surface area contributed by atoms with Crippen LogP contribution < -0.4 is 0 Å². The van der Waals surface area contributed by atoms with E-state index in [2.05, 4.69) is 55.4 Å². The number of hydrogen-bond donors (Lipinski definition) is 0. The monoisotopic (exact) mass is 276 g/mol. The summed E-state index contributed by atoms with van der Waals surface area (Å²) in [6.45, 7) is 19.5. The summed E-state index contributed by atoms with van der Waals surface area (Å²) in [6.07, 6.45) is 0. The van der Waals surface area contributed by atoms with Crippen molar-refractivity contribution in [2.45, 2.75) is 74.3 Å². The van der Waals surface area contributed by atoms with E-state index >= 15 is 0 Å². The molecular formula is C16H36Ti. The summed E-state index contributed by atoms with van der Waals surface area (Å²) in [5.74, 6) is 3.63. The SMILES string of the molecule is CC(C)[CH2][Ti]([CH2]C(C)C)([CH2]C(C)C)[CH2]C(C)C. The van der Waals surface area contributed by atoms with Crippen LogP contribution in [0.2, 0.25) is 18.9 Å². The van der Waals surface area contributed by atoms with Crippen molar-refractivity contribution in [3.8, 4) is 0 Å². The Kier molecular flexibility index (Phi) is 8.34. The van der Waals surface area contributed by atoms with Crippen LogP contribution in [0.1, 0.15) is 55.4 Å². The second-order valence-corrected chi connectivity index (χ2v) is 15.1. The molecule has 0 fully saturated rings. The molecule has 0 aromatic rings. The van der Waals surface area contributed by atoms with Crippen molar-refractivity contribution in [1.82, 2.24) is 0 Å². The summed E-state index contributed by atoms with van der Waals surface area (Å²) in [5.41, 5.74) is 0. The van der Waals surface area contributed by atoms with Crippen LogP contribution in [0, 0.1) is 23.7 Å². The molecule has 0 aromatic carbocycles. The second kappa shape index (κ2) is 8.00. The quantitative estimate of drug-likeness (QED) is 0.448. The number of rotatable bonds is 8. The molecule has 0 amide bonds. The summed E-state index contributed by atoms with van der Waals surface area (Å²) in [7, 11) is 0. The van der Waals surface area contributed by atoms with E-state index in [4.69, 9.17) is 0 Å². The molecule has 104 valence electrons. The van der Waals surface area contributed by atoms with Gasteiger partial charge in [-0.25, -0.2) is 0 Å². The van der Waals surface area contributed by atoms with Gasteiger partial charge in [0.15, 0.2) is 0 Å². The van der Waals surface area contributed by atoms with Crippen molar-refractivity contribution in [1.29, 1.82) is 0 Å². The maximum absolute atomic E-state index is 2.43. The van der Waals surface area contributed by atoms with Crippen molar-refractivity contribution in [2.24, 2.45) is 23.7 Å². The van der Waals surface area contributed by atoms with Gasteiger partial charge in [0, 0.05) is 0 Å². The Hall–Kier alpha value is 0.714. The molecule has 0 spiro atoms. The standard InChI is InChI=1S/4C4H9.Ti/c4*1-4(2)3;/h4*4H,1H2,2-3H3;. The van der Waals surface area contributed by atoms with Crippen LogP contribution in [0.4, 0.5) is 0 Å². The first-order chi connectivity index (χ1) is 7.67. The summed E-state index contributed by atoms with van der Waals surface area (Å²) in [4.78, 5) is 0. The van der Waals surface area contributed by atoms with Gasteiger partial charge in [-0.05, 0) is 0 Å². The molecule has 0 radical (unpaired) electrons. The molecule has 0 saturated heterocycles. The molecule has 0 atom stereocenters. The van der Waals surface area contributed by atoms with Gasteiger partial charge in [-0.2, -0.15) is 0 Å². The summed E-state index contributed by atoms with van der Waals surface area (Å²) in [5, 5.41) is 0. The maximum atomic E-state index is 2.43. The van der Waals surface area contributed by atoms with E-state index in [-0.39, 0.29) is 0 Å². The van der Waals surface area contributed by atoms with Gasteiger partial charge in [0.25, 0.3) is 0 Å². The number of hydrogen-bond acceptors (Lipinski definition) is 0.